The molecule has 0 spiro atoms. The molecule has 11 heavy (non-hydrogen) atoms. The molecule has 0 bridgehead atoms. The van der Waals surface area contributed by atoms with Crippen LogP contribution in [0.4, 0.5) is 0 Å². The third-order valence-corrected chi connectivity index (χ3v) is 2.39. The second kappa shape index (κ2) is 6.68. The zero-order valence-electron chi connectivity index (χ0n) is 7.59. The monoisotopic (exact) mass is 175 g/mol. The second-order valence-corrected chi connectivity index (χ2v) is 4.02. The molecule has 66 valence electrons. The number of hydrogen-bond acceptors (Lipinski definition) is 3. The zero-order chi connectivity index (χ0) is 8.69. The van der Waals surface area contributed by atoms with Gasteiger partial charge in [-0.25, -0.2) is 0 Å². The van der Waals surface area contributed by atoms with Crippen molar-refractivity contribution in [1.82, 2.24) is 4.90 Å². The molecule has 3 heteroatoms. The highest BCUT2D eigenvalue weighted by Crippen LogP contribution is 2.02. The maximum absolute atomic E-state index is 10.5. The molecule has 0 aromatic carbocycles. The minimum atomic E-state index is 0.278. The third kappa shape index (κ3) is 9.98. The van der Waals surface area contributed by atoms with E-state index in [1.54, 1.807) is 18.7 Å². The van der Waals surface area contributed by atoms with Gasteiger partial charge in [-0.15, -0.1) is 0 Å². The van der Waals surface area contributed by atoms with Crippen LogP contribution in [0.5, 0.6) is 0 Å². The van der Waals surface area contributed by atoms with Crippen molar-refractivity contribution in [3.63, 3.8) is 0 Å². The van der Waals surface area contributed by atoms with Gasteiger partial charge in [-0.3, -0.25) is 4.79 Å². The van der Waals surface area contributed by atoms with Gasteiger partial charge in [0.25, 0.3) is 0 Å². The minimum absolute atomic E-state index is 0.278. The predicted molar refractivity (Wildman–Crippen MR) is 51.2 cm³/mol. The van der Waals surface area contributed by atoms with E-state index >= 15 is 0 Å². The summed E-state index contributed by atoms with van der Waals surface area (Å²) in [5.74, 6) is 2.05. The number of Topliss-reactive ketones (excluding diaryl/α,β-unsaturated/α-hetero) is 1. The van der Waals surface area contributed by atoms with E-state index in [0.29, 0.717) is 5.75 Å². The Balaban J connectivity index is 2.97. The Morgan fingerprint density at radius 2 is 2.09 bits per heavy atom. The summed E-state index contributed by atoms with van der Waals surface area (Å²) in [6.45, 7) is 2.75. The minimum Gasteiger partial charge on any atom is -0.309 e. The number of nitrogens with zero attached hydrogens (tertiary/aromatic N) is 1. The maximum atomic E-state index is 10.5. The lowest BCUT2D eigenvalue weighted by Crippen LogP contribution is -2.13. The van der Waals surface area contributed by atoms with Crippen molar-refractivity contribution in [2.45, 2.75) is 13.3 Å². The van der Waals surface area contributed by atoms with Crippen molar-refractivity contribution in [2.75, 3.05) is 32.1 Å². The molecular formula is C8H17NOS. The fourth-order valence-electron chi connectivity index (χ4n) is 0.699. The van der Waals surface area contributed by atoms with Gasteiger partial charge in [0.1, 0.15) is 5.78 Å². The van der Waals surface area contributed by atoms with E-state index in [1.165, 1.54) is 6.42 Å². The number of carbonyl (C=O) groups is 1. The van der Waals surface area contributed by atoms with E-state index in [2.05, 4.69) is 19.0 Å². The molecule has 0 saturated heterocycles. The van der Waals surface area contributed by atoms with E-state index in [-0.39, 0.29) is 5.78 Å². The van der Waals surface area contributed by atoms with Gasteiger partial charge in [0.15, 0.2) is 0 Å². The SMILES string of the molecule is CC(=O)CSCCCN(C)C. The van der Waals surface area contributed by atoms with Crippen molar-refractivity contribution in [2.24, 2.45) is 0 Å². The molecule has 0 aromatic rings. The molecule has 0 atom stereocenters. The molecule has 0 aliphatic carbocycles. The van der Waals surface area contributed by atoms with Crippen LogP contribution in [-0.4, -0.2) is 42.8 Å². The van der Waals surface area contributed by atoms with E-state index < -0.39 is 0 Å². The van der Waals surface area contributed by atoms with Crippen LogP contribution in [0.3, 0.4) is 0 Å². The number of ketones is 1. The van der Waals surface area contributed by atoms with Gasteiger partial charge in [-0.1, -0.05) is 0 Å². The second-order valence-electron chi connectivity index (χ2n) is 2.91. The fraction of sp³-hybridized carbons (Fsp3) is 0.875. The summed E-state index contributed by atoms with van der Waals surface area (Å²) in [6, 6.07) is 0. The van der Waals surface area contributed by atoms with Gasteiger partial charge in [-0.2, -0.15) is 11.8 Å². The van der Waals surface area contributed by atoms with Crippen molar-refractivity contribution >= 4 is 17.5 Å². The molecule has 0 saturated carbocycles. The Morgan fingerprint density at radius 1 is 1.45 bits per heavy atom. The Hall–Kier alpha value is -0.0200. The molecule has 0 aliphatic rings. The topological polar surface area (TPSA) is 20.3 Å². The summed E-state index contributed by atoms with van der Waals surface area (Å²) in [6.07, 6.45) is 1.17. The van der Waals surface area contributed by atoms with Crippen molar-refractivity contribution < 1.29 is 4.79 Å². The van der Waals surface area contributed by atoms with Crippen molar-refractivity contribution in [1.29, 1.82) is 0 Å². The highest BCUT2D eigenvalue weighted by Gasteiger charge is 1.94. The van der Waals surface area contributed by atoms with Crippen LogP contribution >= 0.6 is 11.8 Å². The predicted octanol–water partition coefficient (Wildman–Crippen LogP) is 1.26. The Labute approximate surface area is 73.3 Å². The molecule has 0 amide bonds. The standard InChI is InChI=1S/C8H17NOS/c1-8(10)7-11-6-4-5-9(2)3/h4-7H2,1-3H3. The van der Waals surface area contributed by atoms with Gasteiger partial charge in [-0.05, 0) is 39.7 Å². The van der Waals surface area contributed by atoms with Crippen LogP contribution in [0.1, 0.15) is 13.3 Å². The lowest BCUT2D eigenvalue weighted by molar-refractivity contribution is -0.114. The fourth-order valence-corrected chi connectivity index (χ4v) is 1.46. The highest BCUT2D eigenvalue weighted by molar-refractivity contribution is 7.99. The normalized spacial score (nSPS) is 10.5. The first kappa shape index (κ1) is 11.0. The van der Waals surface area contributed by atoms with Gasteiger partial charge in [0.2, 0.25) is 0 Å². The largest absolute Gasteiger partial charge is 0.309 e. The van der Waals surface area contributed by atoms with Crippen molar-refractivity contribution in [3.05, 3.63) is 0 Å². The Morgan fingerprint density at radius 3 is 2.55 bits per heavy atom. The maximum Gasteiger partial charge on any atom is 0.139 e. The number of thioether (sulfide) groups is 1. The van der Waals surface area contributed by atoms with Crippen LogP contribution in [-0.2, 0) is 4.79 Å². The van der Waals surface area contributed by atoms with Crippen LogP contribution in [0, 0.1) is 0 Å². The van der Waals surface area contributed by atoms with Crippen LogP contribution in [0.2, 0.25) is 0 Å². The Kier molecular flexibility index (Phi) is 6.66. The summed E-state index contributed by atoms with van der Waals surface area (Å²) in [5.41, 5.74) is 0. The molecule has 0 rings (SSSR count). The molecule has 0 unspecified atom stereocenters. The summed E-state index contributed by atoms with van der Waals surface area (Å²) in [5, 5.41) is 0. The first-order valence-corrected chi connectivity index (χ1v) is 5.00. The summed E-state index contributed by atoms with van der Waals surface area (Å²) >= 11 is 1.73. The molecule has 0 aromatic heterocycles. The lowest BCUT2D eigenvalue weighted by Gasteiger charge is -2.07. The van der Waals surface area contributed by atoms with Gasteiger partial charge in [0, 0.05) is 0 Å². The van der Waals surface area contributed by atoms with Crippen molar-refractivity contribution in [3.8, 4) is 0 Å². The summed E-state index contributed by atoms with van der Waals surface area (Å²) in [7, 11) is 4.13. The van der Waals surface area contributed by atoms with Gasteiger partial charge >= 0.3 is 0 Å². The lowest BCUT2D eigenvalue weighted by atomic mass is 10.5. The first-order valence-electron chi connectivity index (χ1n) is 3.85. The van der Waals surface area contributed by atoms with E-state index in [0.717, 1.165) is 12.3 Å². The quantitative estimate of drug-likeness (QED) is 0.567. The highest BCUT2D eigenvalue weighted by atomic mass is 32.2. The third-order valence-electron chi connectivity index (χ3n) is 1.20. The molecule has 0 heterocycles. The van der Waals surface area contributed by atoms with Crippen LogP contribution in [0.25, 0.3) is 0 Å². The van der Waals surface area contributed by atoms with E-state index in [4.69, 9.17) is 0 Å². The average Bonchev–Trinajstić information content (AvgIpc) is 1.85. The molecule has 0 N–H and O–H groups in total. The first-order chi connectivity index (χ1) is 5.13. The van der Waals surface area contributed by atoms with Gasteiger partial charge in [0.05, 0.1) is 5.75 Å². The zero-order valence-corrected chi connectivity index (χ0v) is 8.41. The number of rotatable bonds is 6. The van der Waals surface area contributed by atoms with Gasteiger partial charge < -0.3 is 4.90 Å². The van der Waals surface area contributed by atoms with E-state index in [1.807, 2.05) is 0 Å². The number of hydrogen-bond donors (Lipinski definition) is 0. The summed E-state index contributed by atoms with van der Waals surface area (Å²) < 4.78 is 0. The van der Waals surface area contributed by atoms with Crippen LogP contribution < -0.4 is 0 Å². The molecular weight excluding hydrogens is 158 g/mol. The number of carbonyl (C=O) groups excluding carboxylic acids is 1. The molecule has 2 nitrogen and oxygen atoms in total. The molecule has 0 fully saturated rings. The summed E-state index contributed by atoms with van der Waals surface area (Å²) in [4.78, 5) is 12.7. The average molecular weight is 175 g/mol. The van der Waals surface area contributed by atoms with E-state index in [9.17, 15) is 4.79 Å². The Bertz CT molecular complexity index is 115. The molecule has 0 aliphatic heterocycles. The smallest absolute Gasteiger partial charge is 0.139 e. The van der Waals surface area contributed by atoms with Crippen LogP contribution in [0.15, 0.2) is 0 Å². The molecule has 0 radical (unpaired) electrons.